The monoisotopic (exact) mass is 440 g/mol. The molecule has 2 saturated heterocycles. The highest BCUT2D eigenvalue weighted by Gasteiger charge is 2.64. The van der Waals surface area contributed by atoms with Crippen molar-refractivity contribution in [2.75, 3.05) is 4.90 Å². The van der Waals surface area contributed by atoms with E-state index in [1.165, 1.54) is 16.2 Å². The van der Waals surface area contributed by atoms with Gasteiger partial charge in [0, 0.05) is 6.20 Å². The first-order valence-corrected chi connectivity index (χ1v) is 11.5. The van der Waals surface area contributed by atoms with E-state index in [2.05, 4.69) is 0 Å². The van der Waals surface area contributed by atoms with Crippen LogP contribution in [0.2, 0.25) is 0 Å². The summed E-state index contributed by atoms with van der Waals surface area (Å²) in [5, 5.41) is 1.86. The number of hydrogen-bond acceptors (Lipinski definition) is 5. The third kappa shape index (κ3) is 2.59. The zero-order valence-corrected chi connectivity index (χ0v) is 18.2. The van der Waals surface area contributed by atoms with Crippen LogP contribution in [0.3, 0.4) is 0 Å². The molecule has 32 heavy (non-hydrogen) atoms. The highest BCUT2D eigenvalue weighted by molar-refractivity contribution is 7.12. The maximum atomic E-state index is 13.7. The molecular formula is C26H20N2O3S. The van der Waals surface area contributed by atoms with Gasteiger partial charge in [0.15, 0.2) is 5.78 Å². The van der Waals surface area contributed by atoms with Crippen molar-refractivity contribution in [3.8, 4) is 0 Å². The van der Waals surface area contributed by atoms with E-state index in [0.29, 0.717) is 10.6 Å². The van der Waals surface area contributed by atoms with Crippen molar-refractivity contribution in [1.82, 2.24) is 4.90 Å². The number of ketones is 1. The van der Waals surface area contributed by atoms with E-state index >= 15 is 0 Å². The Hall–Kier alpha value is -3.51. The summed E-state index contributed by atoms with van der Waals surface area (Å²) in [6.45, 7) is 1.96. The molecule has 4 heterocycles. The van der Waals surface area contributed by atoms with Crippen molar-refractivity contribution in [3.05, 3.63) is 93.8 Å². The van der Waals surface area contributed by atoms with Crippen molar-refractivity contribution in [3.63, 3.8) is 0 Å². The van der Waals surface area contributed by atoms with Crippen LogP contribution < -0.4 is 4.90 Å². The fourth-order valence-electron chi connectivity index (χ4n) is 5.37. The molecule has 3 aliphatic rings. The van der Waals surface area contributed by atoms with Crippen LogP contribution in [0, 0.1) is 18.8 Å². The molecule has 3 aromatic rings. The molecule has 5 nitrogen and oxygen atoms in total. The van der Waals surface area contributed by atoms with Gasteiger partial charge in [0.25, 0.3) is 0 Å². The Morgan fingerprint density at radius 2 is 1.66 bits per heavy atom. The van der Waals surface area contributed by atoms with Crippen molar-refractivity contribution in [2.24, 2.45) is 11.8 Å². The number of anilines is 1. The van der Waals surface area contributed by atoms with Gasteiger partial charge in [-0.25, -0.2) is 4.90 Å². The summed E-state index contributed by atoms with van der Waals surface area (Å²) in [7, 11) is 0. The quantitative estimate of drug-likeness (QED) is 0.446. The minimum Gasteiger partial charge on any atom is -0.358 e. The van der Waals surface area contributed by atoms with Gasteiger partial charge in [0.1, 0.15) is 6.04 Å². The molecule has 0 bridgehead atoms. The van der Waals surface area contributed by atoms with Crippen LogP contribution in [0.15, 0.2) is 72.2 Å². The van der Waals surface area contributed by atoms with Crippen LogP contribution >= 0.6 is 11.3 Å². The van der Waals surface area contributed by atoms with E-state index < -0.39 is 17.9 Å². The predicted molar refractivity (Wildman–Crippen MR) is 123 cm³/mol. The minimum atomic E-state index is -0.723. The van der Waals surface area contributed by atoms with Crippen molar-refractivity contribution in [1.29, 1.82) is 0 Å². The molecule has 2 amide bonds. The van der Waals surface area contributed by atoms with Crippen LogP contribution in [0.25, 0.3) is 6.08 Å². The first-order chi connectivity index (χ1) is 15.6. The molecule has 3 aliphatic heterocycles. The van der Waals surface area contributed by atoms with Crippen LogP contribution in [-0.2, 0) is 9.59 Å². The molecule has 2 fully saturated rings. The topological polar surface area (TPSA) is 57.7 Å². The SMILES string of the molecule is Cc1ccc(N2C(=O)[C@@H]3[C@H](C2=O)[C@@H]2c4ccccc4C=CN2[C@H]3C(=O)c2cccs2)cc1. The smallest absolute Gasteiger partial charge is 0.240 e. The number of imide groups is 1. The number of hydrogen-bond donors (Lipinski definition) is 0. The average molecular weight is 441 g/mol. The molecule has 1 aromatic heterocycles. The Kier molecular flexibility index (Phi) is 4.20. The molecule has 0 saturated carbocycles. The number of benzene rings is 2. The van der Waals surface area contributed by atoms with Gasteiger partial charge in [0.2, 0.25) is 11.8 Å². The van der Waals surface area contributed by atoms with Gasteiger partial charge in [-0.3, -0.25) is 14.4 Å². The van der Waals surface area contributed by atoms with E-state index in [0.717, 1.165) is 16.7 Å². The molecule has 6 heteroatoms. The lowest BCUT2D eigenvalue weighted by atomic mass is 9.84. The van der Waals surface area contributed by atoms with Gasteiger partial charge in [-0.1, -0.05) is 48.0 Å². The summed E-state index contributed by atoms with van der Waals surface area (Å²) in [5.41, 5.74) is 3.62. The van der Waals surface area contributed by atoms with E-state index in [9.17, 15) is 14.4 Å². The Morgan fingerprint density at radius 3 is 2.41 bits per heavy atom. The summed E-state index contributed by atoms with van der Waals surface area (Å²) in [5.74, 6) is -1.96. The number of thiophene rings is 1. The molecule has 4 atom stereocenters. The van der Waals surface area contributed by atoms with E-state index in [1.54, 1.807) is 18.2 Å². The number of rotatable bonds is 3. The third-order valence-electron chi connectivity index (χ3n) is 6.79. The van der Waals surface area contributed by atoms with E-state index in [1.807, 2.05) is 71.9 Å². The van der Waals surface area contributed by atoms with Crippen LogP contribution in [0.5, 0.6) is 0 Å². The second-order valence-electron chi connectivity index (χ2n) is 8.52. The van der Waals surface area contributed by atoms with E-state index in [-0.39, 0.29) is 23.6 Å². The predicted octanol–water partition coefficient (Wildman–Crippen LogP) is 4.45. The second-order valence-corrected chi connectivity index (χ2v) is 9.47. The molecule has 0 unspecified atom stereocenters. The van der Waals surface area contributed by atoms with E-state index in [4.69, 9.17) is 0 Å². The van der Waals surface area contributed by atoms with Gasteiger partial charge >= 0.3 is 0 Å². The maximum absolute atomic E-state index is 13.7. The molecule has 0 N–H and O–H groups in total. The number of aryl methyl sites for hydroxylation is 1. The molecule has 158 valence electrons. The lowest BCUT2D eigenvalue weighted by molar-refractivity contribution is -0.123. The van der Waals surface area contributed by atoms with Crippen molar-refractivity contribution < 1.29 is 14.4 Å². The lowest BCUT2D eigenvalue weighted by Gasteiger charge is -2.35. The third-order valence-corrected chi connectivity index (χ3v) is 7.67. The molecule has 6 rings (SSSR count). The fraction of sp³-hybridized carbons (Fsp3) is 0.192. The average Bonchev–Trinajstić information content (AvgIpc) is 3.51. The largest absolute Gasteiger partial charge is 0.358 e. The normalized spacial score (nSPS) is 25.7. The van der Waals surface area contributed by atoms with Gasteiger partial charge in [-0.05, 0) is 47.7 Å². The Bertz CT molecular complexity index is 1280. The van der Waals surface area contributed by atoms with Gasteiger partial charge < -0.3 is 4.90 Å². The summed E-state index contributed by atoms with van der Waals surface area (Å²) in [6.07, 6.45) is 3.85. The summed E-state index contributed by atoms with van der Waals surface area (Å²) >= 11 is 1.37. The zero-order chi connectivity index (χ0) is 22.0. The summed E-state index contributed by atoms with van der Waals surface area (Å²) in [4.78, 5) is 44.9. The summed E-state index contributed by atoms with van der Waals surface area (Å²) < 4.78 is 0. The molecular weight excluding hydrogens is 420 g/mol. The number of carbonyl (C=O) groups excluding carboxylic acids is 3. The Labute approximate surface area is 189 Å². The maximum Gasteiger partial charge on any atom is 0.240 e. The standard InChI is InChI=1S/C26H20N2O3S/c1-15-8-10-17(11-9-15)28-25(30)20-21(26(28)31)23(24(29)19-7-4-14-32-19)27-13-12-16-5-2-3-6-18(16)22(20)27/h2-14,20-23H,1H3/t20-,21+,22-,23+/m0/s1. The van der Waals surface area contributed by atoms with Crippen molar-refractivity contribution >= 4 is 40.7 Å². The first-order valence-electron chi connectivity index (χ1n) is 10.6. The highest BCUT2D eigenvalue weighted by atomic mass is 32.1. The number of carbonyl (C=O) groups is 3. The molecule has 0 spiro atoms. The highest BCUT2D eigenvalue weighted by Crippen LogP contribution is 2.53. The van der Waals surface area contributed by atoms with Gasteiger partial charge in [0.05, 0.1) is 28.4 Å². The molecule has 0 aliphatic carbocycles. The number of amides is 2. The van der Waals surface area contributed by atoms with Gasteiger partial charge in [-0.2, -0.15) is 0 Å². The van der Waals surface area contributed by atoms with Crippen LogP contribution in [-0.4, -0.2) is 28.5 Å². The second kappa shape index (κ2) is 7.00. The van der Waals surface area contributed by atoms with Crippen LogP contribution in [0.1, 0.15) is 32.4 Å². The fourth-order valence-corrected chi connectivity index (χ4v) is 6.07. The summed E-state index contributed by atoms with van der Waals surface area (Å²) in [6, 6.07) is 17.9. The molecule has 2 aromatic carbocycles. The van der Waals surface area contributed by atoms with Crippen molar-refractivity contribution in [2.45, 2.75) is 19.0 Å². The lowest BCUT2D eigenvalue weighted by Crippen LogP contribution is -2.44. The zero-order valence-electron chi connectivity index (χ0n) is 17.3. The Morgan fingerprint density at radius 1 is 0.906 bits per heavy atom. The molecule has 0 radical (unpaired) electrons. The Balaban J connectivity index is 1.50. The minimum absolute atomic E-state index is 0.103. The number of fused-ring (bicyclic) bond motifs is 5. The number of Topliss-reactive ketones (excluding diaryl/α,β-unsaturated/α-hetero) is 1. The van der Waals surface area contributed by atoms with Crippen LogP contribution in [0.4, 0.5) is 5.69 Å². The van der Waals surface area contributed by atoms with Gasteiger partial charge in [-0.15, -0.1) is 11.3 Å². The first kappa shape index (κ1) is 19.2. The number of nitrogens with zero attached hydrogens (tertiary/aromatic N) is 2.